The van der Waals surface area contributed by atoms with Gasteiger partial charge in [0.05, 0.1) is 0 Å². The van der Waals surface area contributed by atoms with Crippen molar-refractivity contribution in [3.8, 4) is 0 Å². The molecule has 1 heterocycles. The van der Waals surface area contributed by atoms with Crippen LogP contribution < -0.4 is 5.73 Å². The Balaban J connectivity index is 1.40. The third-order valence-electron chi connectivity index (χ3n) is 5.77. The minimum Gasteiger partial charge on any atom is -0.341 e. The number of nitrogens with zero attached hydrogens (tertiary/aromatic N) is 2. The van der Waals surface area contributed by atoms with Crippen LogP contribution in [0.4, 0.5) is 0 Å². The summed E-state index contributed by atoms with van der Waals surface area (Å²) in [6.45, 7) is 6.14. The summed E-state index contributed by atoms with van der Waals surface area (Å²) < 4.78 is 0. The summed E-state index contributed by atoms with van der Waals surface area (Å²) in [5.74, 6) is 2.41. The van der Waals surface area contributed by atoms with Crippen molar-refractivity contribution in [2.75, 3.05) is 39.3 Å². The molecule has 120 valence electrons. The van der Waals surface area contributed by atoms with Crippen LogP contribution in [0.1, 0.15) is 44.9 Å². The summed E-state index contributed by atoms with van der Waals surface area (Å²) in [7, 11) is 0. The van der Waals surface area contributed by atoms with E-state index < -0.39 is 0 Å². The lowest BCUT2D eigenvalue weighted by atomic mass is 10.1. The molecular weight excluding hydrogens is 262 g/mol. The smallest absolute Gasteiger partial charge is 0.226 e. The topological polar surface area (TPSA) is 49.6 Å². The first-order chi connectivity index (χ1) is 10.3. The Bertz CT molecular complexity index is 350. The zero-order valence-corrected chi connectivity index (χ0v) is 13.3. The van der Waals surface area contributed by atoms with Crippen LogP contribution >= 0.6 is 0 Å². The third-order valence-corrected chi connectivity index (χ3v) is 5.77. The highest BCUT2D eigenvalue weighted by molar-refractivity contribution is 5.82. The van der Waals surface area contributed by atoms with Gasteiger partial charge in [-0.3, -0.25) is 4.79 Å². The van der Waals surface area contributed by atoms with Gasteiger partial charge in [0.15, 0.2) is 0 Å². The normalized spacial score (nSPS) is 32.8. The maximum Gasteiger partial charge on any atom is 0.226 e. The first-order valence-corrected chi connectivity index (χ1v) is 9.02. The molecule has 2 aliphatic carbocycles. The summed E-state index contributed by atoms with van der Waals surface area (Å²) in [6.07, 6.45) is 8.74. The lowest BCUT2D eigenvalue weighted by Gasteiger charge is -2.22. The Kier molecular flexibility index (Phi) is 5.17. The van der Waals surface area contributed by atoms with Crippen LogP contribution in [-0.2, 0) is 4.79 Å². The lowest BCUT2D eigenvalue weighted by molar-refractivity contribution is -0.133. The fourth-order valence-electron chi connectivity index (χ4n) is 4.47. The van der Waals surface area contributed by atoms with Gasteiger partial charge in [0.25, 0.3) is 0 Å². The van der Waals surface area contributed by atoms with Crippen LogP contribution in [0.15, 0.2) is 0 Å². The van der Waals surface area contributed by atoms with E-state index in [2.05, 4.69) is 9.80 Å². The fraction of sp³-hybridized carbons (Fsp3) is 0.941. The van der Waals surface area contributed by atoms with E-state index in [-0.39, 0.29) is 0 Å². The van der Waals surface area contributed by atoms with Crippen molar-refractivity contribution < 1.29 is 4.79 Å². The van der Waals surface area contributed by atoms with Crippen molar-refractivity contribution in [2.45, 2.75) is 44.9 Å². The van der Waals surface area contributed by atoms with E-state index >= 15 is 0 Å². The van der Waals surface area contributed by atoms with Gasteiger partial charge in [0, 0.05) is 25.6 Å². The molecule has 0 aromatic rings. The van der Waals surface area contributed by atoms with Gasteiger partial charge >= 0.3 is 0 Å². The number of amides is 1. The molecule has 3 rings (SSSR count). The number of nitrogens with two attached hydrogens (primary N) is 1. The summed E-state index contributed by atoms with van der Waals surface area (Å²) in [5.41, 5.74) is 5.54. The van der Waals surface area contributed by atoms with Gasteiger partial charge in [-0.1, -0.05) is 12.8 Å². The van der Waals surface area contributed by atoms with Gasteiger partial charge in [-0.2, -0.15) is 0 Å². The second kappa shape index (κ2) is 7.10. The average molecular weight is 293 g/mol. The molecule has 0 radical (unpaired) electrons. The molecule has 3 aliphatic rings. The first-order valence-electron chi connectivity index (χ1n) is 9.02. The highest BCUT2D eigenvalue weighted by atomic mass is 16.2. The SMILES string of the molecule is NCCCCCN1CCCN(C(=O)C2C3CCCC32)CC1. The Morgan fingerprint density at radius 1 is 0.952 bits per heavy atom. The van der Waals surface area contributed by atoms with E-state index in [1.807, 2.05) is 0 Å². The number of fused-ring (bicyclic) bond motifs is 1. The maximum absolute atomic E-state index is 12.6. The predicted molar refractivity (Wildman–Crippen MR) is 84.9 cm³/mol. The van der Waals surface area contributed by atoms with Crippen LogP contribution in [0.25, 0.3) is 0 Å². The first kappa shape index (κ1) is 15.3. The van der Waals surface area contributed by atoms with Crippen LogP contribution in [-0.4, -0.2) is 55.0 Å². The molecule has 0 aromatic carbocycles. The number of hydrogen-bond acceptors (Lipinski definition) is 3. The van der Waals surface area contributed by atoms with Crippen LogP contribution in [0.5, 0.6) is 0 Å². The Hall–Kier alpha value is -0.610. The highest BCUT2D eigenvalue weighted by Gasteiger charge is 2.57. The number of rotatable bonds is 6. The van der Waals surface area contributed by atoms with Crippen molar-refractivity contribution in [2.24, 2.45) is 23.5 Å². The van der Waals surface area contributed by atoms with Gasteiger partial charge in [0.1, 0.15) is 0 Å². The predicted octanol–water partition coefficient (Wildman–Crippen LogP) is 1.70. The van der Waals surface area contributed by atoms with Crippen molar-refractivity contribution in [1.29, 1.82) is 0 Å². The minimum atomic E-state index is 0.412. The van der Waals surface area contributed by atoms with Crippen LogP contribution in [0, 0.1) is 17.8 Å². The second-order valence-corrected chi connectivity index (χ2v) is 7.15. The summed E-state index contributed by atoms with van der Waals surface area (Å²) in [6, 6.07) is 0. The molecule has 1 saturated heterocycles. The van der Waals surface area contributed by atoms with E-state index in [4.69, 9.17) is 5.73 Å². The molecular formula is C17H31N3O. The molecule has 0 bridgehead atoms. The molecule has 3 fully saturated rings. The monoisotopic (exact) mass is 293 g/mol. The third kappa shape index (κ3) is 3.59. The van der Waals surface area contributed by atoms with Gasteiger partial charge in [-0.15, -0.1) is 0 Å². The highest BCUT2D eigenvalue weighted by Crippen LogP contribution is 2.58. The lowest BCUT2D eigenvalue weighted by Crippen LogP contribution is -2.37. The van der Waals surface area contributed by atoms with E-state index in [1.165, 1.54) is 38.6 Å². The average Bonchev–Trinajstić information content (AvgIpc) is 3.08. The minimum absolute atomic E-state index is 0.412. The summed E-state index contributed by atoms with van der Waals surface area (Å²) in [4.78, 5) is 17.3. The largest absolute Gasteiger partial charge is 0.341 e. The van der Waals surface area contributed by atoms with E-state index in [0.29, 0.717) is 11.8 Å². The quantitative estimate of drug-likeness (QED) is 0.758. The molecule has 4 heteroatoms. The number of unbranched alkanes of at least 4 members (excludes halogenated alkanes) is 2. The molecule has 0 spiro atoms. The number of carbonyl (C=O) groups is 1. The molecule has 21 heavy (non-hydrogen) atoms. The van der Waals surface area contributed by atoms with Gasteiger partial charge in [-0.05, 0) is 63.6 Å². The maximum atomic E-state index is 12.6. The van der Waals surface area contributed by atoms with Crippen LogP contribution in [0.3, 0.4) is 0 Å². The van der Waals surface area contributed by atoms with E-state index in [1.54, 1.807) is 0 Å². The van der Waals surface area contributed by atoms with Crippen molar-refractivity contribution in [1.82, 2.24) is 9.80 Å². The summed E-state index contributed by atoms with van der Waals surface area (Å²) in [5, 5.41) is 0. The van der Waals surface area contributed by atoms with Gasteiger partial charge in [0.2, 0.25) is 5.91 Å². The number of hydrogen-bond donors (Lipinski definition) is 1. The molecule has 2 N–H and O–H groups in total. The molecule has 2 unspecified atom stereocenters. The Morgan fingerprint density at radius 2 is 1.76 bits per heavy atom. The zero-order chi connectivity index (χ0) is 14.7. The zero-order valence-electron chi connectivity index (χ0n) is 13.3. The number of carbonyl (C=O) groups excluding carboxylic acids is 1. The molecule has 1 aliphatic heterocycles. The van der Waals surface area contributed by atoms with Gasteiger partial charge in [-0.25, -0.2) is 0 Å². The Morgan fingerprint density at radius 3 is 2.52 bits per heavy atom. The molecule has 2 saturated carbocycles. The standard InChI is InChI=1S/C17H31N3O/c18-8-2-1-3-9-19-10-5-11-20(13-12-19)17(21)16-14-6-4-7-15(14)16/h14-16H,1-13,18H2. The van der Waals surface area contributed by atoms with E-state index in [0.717, 1.165) is 57.4 Å². The molecule has 1 amide bonds. The van der Waals surface area contributed by atoms with Crippen LogP contribution in [0.2, 0.25) is 0 Å². The molecule has 2 atom stereocenters. The second-order valence-electron chi connectivity index (χ2n) is 7.15. The fourth-order valence-corrected chi connectivity index (χ4v) is 4.47. The van der Waals surface area contributed by atoms with E-state index in [9.17, 15) is 4.79 Å². The van der Waals surface area contributed by atoms with Gasteiger partial charge < -0.3 is 15.5 Å². The molecule has 4 nitrogen and oxygen atoms in total. The van der Waals surface area contributed by atoms with Crippen molar-refractivity contribution in [3.05, 3.63) is 0 Å². The Labute approximate surface area is 129 Å². The van der Waals surface area contributed by atoms with Crippen molar-refractivity contribution >= 4 is 5.91 Å². The summed E-state index contributed by atoms with van der Waals surface area (Å²) >= 11 is 0. The van der Waals surface area contributed by atoms with Crippen molar-refractivity contribution in [3.63, 3.8) is 0 Å². The molecule has 0 aromatic heterocycles.